The molecule has 1 rings (SSSR count). The first kappa shape index (κ1) is 7.32. The molecule has 10 heavy (non-hydrogen) atoms. The topological polar surface area (TPSA) is 17.8 Å². The SMILES string of the molecule is CCCc1cn(C)c(C)n1. The number of aromatic nitrogens is 2. The molecule has 0 aliphatic heterocycles. The summed E-state index contributed by atoms with van der Waals surface area (Å²) in [5.41, 5.74) is 1.21. The first-order chi connectivity index (χ1) is 4.74. The molecule has 0 amide bonds. The summed E-state index contributed by atoms with van der Waals surface area (Å²) in [7, 11) is 2.03. The van der Waals surface area contributed by atoms with Crippen LogP contribution in [0.25, 0.3) is 0 Å². The third kappa shape index (κ3) is 1.38. The molecule has 0 saturated heterocycles. The largest absolute Gasteiger partial charge is 0.338 e. The summed E-state index contributed by atoms with van der Waals surface area (Å²) in [6, 6.07) is 0. The minimum Gasteiger partial charge on any atom is -0.338 e. The monoisotopic (exact) mass is 138 g/mol. The van der Waals surface area contributed by atoms with Crippen LogP contribution >= 0.6 is 0 Å². The maximum Gasteiger partial charge on any atom is 0.105 e. The third-order valence-corrected chi connectivity index (χ3v) is 1.66. The smallest absolute Gasteiger partial charge is 0.105 e. The Labute approximate surface area is 61.9 Å². The van der Waals surface area contributed by atoms with E-state index in [2.05, 4.69) is 22.7 Å². The van der Waals surface area contributed by atoms with E-state index in [0.29, 0.717) is 0 Å². The summed E-state index contributed by atoms with van der Waals surface area (Å²) < 4.78 is 2.06. The van der Waals surface area contributed by atoms with Crippen molar-refractivity contribution in [2.45, 2.75) is 26.7 Å². The van der Waals surface area contributed by atoms with Crippen LogP contribution in [0.3, 0.4) is 0 Å². The van der Waals surface area contributed by atoms with Crippen molar-refractivity contribution in [1.82, 2.24) is 9.55 Å². The molecule has 56 valence electrons. The molecular formula is C8H14N2. The van der Waals surface area contributed by atoms with Crippen LogP contribution < -0.4 is 0 Å². The molecular weight excluding hydrogens is 124 g/mol. The molecule has 2 heteroatoms. The van der Waals surface area contributed by atoms with Gasteiger partial charge in [0.2, 0.25) is 0 Å². The molecule has 0 radical (unpaired) electrons. The number of aryl methyl sites for hydroxylation is 3. The fraction of sp³-hybridized carbons (Fsp3) is 0.625. The van der Waals surface area contributed by atoms with Gasteiger partial charge in [-0.15, -0.1) is 0 Å². The Kier molecular flexibility index (Phi) is 2.10. The molecule has 1 aromatic rings. The van der Waals surface area contributed by atoms with E-state index in [9.17, 15) is 0 Å². The third-order valence-electron chi connectivity index (χ3n) is 1.66. The first-order valence-electron chi connectivity index (χ1n) is 3.73. The molecule has 0 bridgehead atoms. The maximum atomic E-state index is 4.36. The fourth-order valence-electron chi connectivity index (χ4n) is 1.01. The van der Waals surface area contributed by atoms with Gasteiger partial charge in [0.15, 0.2) is 0 Å². The quantitative estimate of drug-likeness (QED) is 0.608. The van der Waals surface area contributed by atoms with Crippen molar-refractivity contribution in [3.8, 4) is 0 Å². The van der Waals surface area contributed by atoms with Crippen molar-refractivity contribution < 1.29 is 0 Å². The number of nitrogens with zero attached hydrogens (tertiary/aromatic N) is 2. The lowest BCUT2D eigenvalue weighted by molar-refractivity contribution is 0.858. The van der Waals surface area contributed by atoms with Crippen molar-refractivity contribution in [1.29, 1.82) is 0 Å². The molecule has 0 atom stereocenters. The lowest BCUT2D eigenvalue weighted by Gasteiger charge is -1.87. The summed E-state index contributed by atoms with van der Waals surface area (Å²) >= 11 is 0. The normalized spacial score (nSPS) is 10.3. The highest BCUT2D eigenvalue weighted by Gasteiger charge is 1.97. The van der Waals surface area contributed by atoms with E-state index in [1.807, 2.05) is 14.0 Å². The van der Waals surface area contributed by atoms with Crippen molar-refractivity contribution in [3.63, 3.8) is 0 Å². The van der Waals surface area contributed by atoms with Gasteiger partial charge in [0.1, 0.15) is 5.82 Å². The number of rotatable bonds is 2. The van der Waals surface area contributed by atoms with Crippen LogP contribution in [-0.4, -0.2) is 9.55 Å². The summed E-state index contributed by atoms with van der Waals surface area (Å²) in [5, 5.41) is 0. The van der Waals surface area contributed by atoms with Crippen LogP contribution in [0.1, 0.15) is 24.9 Å². The average molecular weight is 138 g/mol. The first-order valence-corrected chi connectivity index (χ1v) is 3.73. The van der Waals surface area contributed by atoms with Crippen LogP contribution in [0.5, 0.6) is 0 Å². The summed E-state index contributed by atoms with van der Waals surface area (Å²) in [5.74, 6) is 1.10. The van der Waals surface area contributed by atoms with Crippen LogP contribution in [0.4, 0.5) is 0 Å². The van der Waals surface area contributed by atoms with E-state index in [4.69, 9.17) is 0 Å². The standard InChI is InChI=1S/C8H14N2/c1-4-5-8-6-10(3)7(2)9-8/h6H,4-5H2,1-3H3. The van der Waals surface area contributed by atoms with Gasteiger partial charge in [0.05, 0.1) is 5.69 Å². The molecule has 0 saturated carbocycles. The molecule has 0 N–H and O–H groups in total. The second-order valence-electron chi connectivity index (χ2n) is 2.64. The lowest BCUT2D eigenvalue weighted by atomic mass is 10.3. The summed E-state index contributed by atoms with van der Waals surface area (Å²) in [6.07, 6.45) is 4.37. The van der Waals surface area contributed by atoms with Gasteiger partial charge in [-0.1, -0.05) is 13.3 Å². The molecule has 0 spiro atoms. The highest BCUT2D eigenvalue weighted by molar-refractivity contribution is 5.01. The predicted octanol–water partition coefficient (Wildman–Crippen LogP) is 1.68. The second kappa shape index (κ2) is 2.86. The number of imidazole rings is 1. The zero-order valence-corrected chi connectivity index (χ0v) is 6.89. The highest BCUT2D eigenvalue weighted by Crippen LogP contribution is 2.01. The molecule has 2 nitrogen and oxygen atoms in total. The molecule has 0 aliphatic rings. The molecule has 0 fully saturated rings. The maximum absolute atomic E-state index is 4.36. The Morgan fingerprint density at radius 2 is 2.30 bits per heavy atom. The van der Waals surface area contributed by atoms with E-state index in [1.165, 1.54) is 12.1 Å². The van der Waals surface area contributed by atoms with Crippen molar-refractivity contribution in [3.05, 3.63) is 17.7 Å². The van der Waals surface area contributed by atoms with Gasteiger partial charge in [0, 0.05) is 13.2 Å². The van der Waals surface area contributed by atoms with Crippen LogP contribution in [-0.2, 0) is 13.5 Å². The summed E-state index contributed by atoms with van der Waals surface area (Å²) in [4.78, 5) is 4.36. The van der Waals surface area contributed by atoms with Gasteiger partial charge in [-0.25, -0.2) is 4.98 Å². The van der Waals surface area contributed by atoms with Gasteiger partial charge in [-0.05, 0) is 13.3 Å². The molecule has 1 aromatic heterocycles. The molecule has 0 aromatic carbocycles. The number of hydrogen-bond donors (Lipinski definition) is 0. The van der Waals surface area contributed by atoms with E-state index in [1.54, 1.807) is 0 Å². The zero-order valence-electron chi connectivity index (χ0n) is 6.89. The molecule has 0 aliphatic carbocycles. The van der Waals surface area contributed by atoms with E-state index in [-0.39, 0.29) is 0 Å². The highest BCUT2D eigenvalue weighted by atomic mass is 15.0. The Morgan fingerprint density at radius 3 is 2.70 bits per heavy atom. The van der Waals surface area contributed by atoms with Gasteiger partial charge in [0.25, 0.3) is 0 Å². The minimum atomic E-state index is 1.10. The van der Waals surface area contributed by atoms with Crippen LogP contribution in [0, 0.1) is 6.92 Å². The van der Waals surface area contributed by atoms with Crippen molar-refractivity contribution in [2.24, 2.45) is 7.05 Å². The second-order valence-corrected chi connectivity index (χ2v) is 2.64. The zero-order chi connectivity index (χ0) is 7.56. The Morgan fingerprint density at radius 1 is 1.60 bits per heavy atom. The minimum absolute atomic E-state index is 1.10. The van der Waals surface area contributed by atoms with Crippen molar-refractivity contribution in [2.75, 3.05) is 0 Å². The fourth-order valence-corrected chi connectivity index (χ4v) is 1.01. The molecule has 0 unspecified atom stereocenters. The Hall–Kier alpha value is -0.790. The summed E-state index contributed by atoms with van der Waals surface area (Å²) in [6.45, 7) is 4.20. The van der Waals surface area contributed by atoms with E-state index < -0.39 is 0 Å². The van der Waals surface area contributed by atoms with E-state index >= 15 is 0 Å². The van der Waals surface area contributed by atoms with Gasteiger partial charge >= 0.3 is 0 Å². The van der Waals surface area contributed by atoms with Crippen LogP contribution in [0.2, 0.25) is 0 Å². The van der Waals surface area contributed by atoms with Gasteiger partial charge < -0.3 is 4.57 Å². The average Bonchev–Trinajstić information content (AvgIpc) is 2.14. The predicted molar refractivity (Wildman–Crippen MR) is 41.9 cm³/mol. The van der Waals surface area contributed by atoms with Gasteiger partial charge in [-0.2, -0.15) is 0 Å². The molecule has 1 heterocycles. The Balaban J connectivity index is 2.77. The lowest BCUT2D eigenvalue weighted by Crippen LogP contribution is -1.86. The van der Waals surface area contributed by atoms with Crippen LogP contribution in [0.15, 0.2) is 6.20 Å². The van der Waals surface area contributed by atoms with E-state index in [0.717, 1.165) is 12.2 Å². The number of hydrogen-bond acceptors (Lipinski definition) is 1. The van der Waals surface area contributed by atoms with Gasteiger partial charge in [-0.3, -0.25) is 0 Å². The Bertz CT molecular complexity index is 194. The van der Waals surface area contributed by atoms with Crippen molar-refractivity contribution >= 4 is 0 Å².